The van der Waals surface area contributed by atoms with Crippen LogP contribution in [0.1, 0.15) is 36.6 Å². The van der Waals surface area contributed by atoms with Crippen molar-refractivity contribution in [1.82, 2.24) is 25.1 Å². The van der Waals surface area contributed by atoms with Gasteiger partial charge in [-0.3, -0.25) is 10.1 Å². The van der Waals surface area contributed by atoms with E-state index in [9.17, 15) is 4.79 Å². The summed E-state index contributed by atoms with van der Waals surface area (Å²) in [5.74, 6) is 0.0580. The molecule has 0 aliphatic carbocycles. The minimum atomic E-state index is -0.442. The van der Waals surface area contributed by atoms with Crippen LogP contribution in [-0.2, 0) is 16.1 Å². The molecule has 3 heterocycles. The standard InChI is InChI=1S/C23H32N6O2/c1-27(2)15-17-4-6-18(7-5-17)29-12-9-19(10-13-29)31-23-26-21(14-22(30)28(23)3)20-8-11-24-16-25-20/h4-8,11,16,19,21,23,26H,9-10,12-15H2,1-3H3. The average molecular weight is 425 g/mol. The fourth-order valence-corrected chi connectivity index (χ4v) is 4.23. The van der Waals surface area contributed by atoms with Gasteiger partial charge in [-0.05, 0) is 50.7 Å². The zero-order valence-electron chi connectivity index (χ0n) is 18.6. The van der Waals surface area contributed by atoms with E-state index in [0.29, 0.717) is 6.42 Å². The van der Waals surface area contributed by atoms with Crippen molar-refractivity contribution in [2.75, 3.05) is 39.1 Å². The Kier molecular flexibility index (Phi) is 6.80. The van der Waals surface area contributed by atoms with E-state index in [0.717, 1.165) is 38.2 Å². The monoisotopic (exact) mass is 424 g/mol. The number of nitrogens with one attached hydrogen (secondary N) is 1. The van der Waals surface area contributed by atoms with Gasteiger partial charge in [0.05, 0.1) is 17.8 Å². The van der Waals surface area contributed by atoms with Crippen LogP contribution in [0, 0.1) is 0 Å². The lowest BCUT2D eigenvalue weighted by molar-refractivity contribution is -0.167. The summed E-state index contributed by atoms with van der Waals surface area (Å²) < 4.78 is 6.33. The predicted molar refractivity (Wildman–Crippen MR) is 119 cm³/mol. The minimum absolute atomic E-state index is 0.0580. The van der Waals surface area contributed by atoms with Gasteiger partial charge < -0.3 is 19.4 Å². The number of rotatable bonds is 6. The number of carbonyl (C=O) groups is 1. The van der Waals surface area contributed by atoms with Crippen LogP contribution in [-0.4, -0.2) is 72.4 Å². The van der Waals surface area contributed by atoms with E-state index in [-0.39, 0.29) is 18.1 Å². The Morgan fingerprint density at radius 2 is 1.90 bits per heavy atom. The van der Waals surface area contributed by atoms with Gasteiger partial charge in [-0.1, -0.05) is 12.1 Å². The van der Waals surface area contributed by atoms with Crippen molar-refractivity contribution in [3.8, 4) is 0 Å². The minimum Gasteiger partial charge on any atom is -0.371 e. The number of hydrogen-bond acceptors (Lipinski definition) is 7. The lowest BCUT2D eigenvalue weighted by Crippen LogP contribution is -2.56. The molecule has 8 heteroatoms. The van der Waals surface area contributed by atoms with Crippen molar-refractivity contribution in [3.05, 3.63) is 54.1 Å². The van der Waals surface area contributed by atoms with Crippen LogP contribution in [0.15, 0.2) is 42.9 Å². The Morgan fingerprint density at radius 1 is 1.16 bits per heavy atom. The summed E-state index contributed by atoms with van der Waals surface area (Å²) in [7, 11) is 5.96. The topological polar surface area (TPSA) is 73.8 Å². The summed E-state index contributed by atoms with van der Waals surface area (Å²) in [4.78, 5) is 27.0. The van der Waals surface area contributed by atoms with Gasteiger partial charge in [0.2, 0.25) is 5.91 Å². The second-order valence-electron chi connectivity index (χ2n) is 8.64. The van der Waals surface area contributed by atoms with Gasteiger partial charge >= 0.3 is 0 Å². The summed E-state index contributed by atoms with van der Waals surface area (Å²) in [6.07, 6.45) is 5.11. The molecule has 2 fully saturated rings. The van der Waals surface area contributed by atoms with E-state index >= 15 is 0 Å². The molecular formula is C23H32N6O2. The van der Waals surface area contributed by atoms with E-state index in [4.69, 9.17) is 4.74 Å². The normalized spacial score (nSPS) is 22.9. The molecule has 8 nitrogen and oxygen atoms in total. The smallest absolute Gasteiger partial charge is 0.227 e. The number of amides is 1. The van der Waals surface area contributed by atoms with Crippen LogP contribution in [0.4, 0.5) is 5.69 Å². The van der Waals surface area contributed by atoms with Gasteiger partial charge in [0.25, 0.3) is 0 Å². The highest BCUT2D eigenvalue weighted by Gasteiger charge is 2.35. The summed E-state index contributed by atoms with van der Waals surface area (Å²) in [6.45, 7) is 2.83. The number of aromatic nitrogens is 2. The molecule has 1 N–H and O–H groups in total. The van der Waals surface area contributed by atoms with E-state index in [1.54, 1.807) is 18.1 Å². The molecule has 2 aliphatic rings. The molecule has 166 valence electrons. The van der Waals surface area contributed by atoms with Crippen LogP contribution in [0.2, 0.25) is 0 Å². The summed E-state index contributed by atoms with van der Waals surface area (Å²) in [5.41, 5.74) is 3.40. The van der Waals surface area contributed by atoms with Gasteiger partial charge in [-0.2, -0.15) is 0 Å². The van der Waals surface area contributed by atoms with Crippen LogP contribution in [0.25, 0.3) is 0 Å². The van der Waals surface area contributed by atoms with Crippen molar-refractivity contribution < 1.29 is 9.53 Å². The van der Waals surface area contributed by atoms with Crippen LogP contribution < -0.4 is 10.2 Å². The molecule has 2 unspecified atom stereocenters. The summed E-state index contributed by atoms with van der Waals surface area (Å²) >= 11 is 0. The van der Waals surface area contributed by atoms with E-state index in [1.807, 2.05) is 6.07 Å². The van der Waals surface area contributed by atoms with Crippen molar-refractivity contribution >= 4 is 11.6 Å². The number of hydrogen-bond donors (Lipinski definition) is 1. The molecule has 4 rings (SSSR count). The Labute approximate surface area is 184 Å². The first-order chi connectivity index (χ1) is 15.0. The quantitative estimate of drug-likeness (QED) is 0.760. The molecule has 31 heavy (non-hydrogen) atoms. The zero-order valence-corrected chi connectivity index (χ0v) is 18.6. The highest BCUT2D eigenvalue weighted by atomic mass is 16.5. The Balaban J connectivity index is 1.32. The first-order valence-corrected chi connectivity index (χ1v) is 10.9. The van der Waals surface area contributed by atoms with E-state index < -0.39 is 6.35 Å². The van der Waals surface area contributed by atoms with Crippen molar-refractivity contribution in [1.29, 1.82) is 0 Å². The van der Waals surface area contributed by atoms with Crippen LogP contribution >= 0.6 is 0 Å². The summed E-state index contributed by atoms with van der Waals surface area (Å²) in [6, 6.07) is 10.5. The maximum atomic E-state index is 12.5. The maximum absolute atomic E-state index is 12.5. The fraction of sp³-hybridized carbons (Fsp3) is 0.522. The second-order valence-corrected chi connectivity index (χ2v) is 8.64. The third-order valence-electron chi connectivity index (χ3n) is 5.99. The first kappa shape index (κ1) is 21.7. The Morgan fingerprint density at radius 3 is 2.55 bits per heavy atom. The van der Waals surface area contributed by atoms with Crippen LogP contribution in [0.5, 0.6) is 0 Å². The van der Waals surface area contributed by atoms with Gasteiger partial charge in [0.1, 0.15) is 6.33 Å². The maximum Gasteiger partial charge on any atom is 0.227 e. The third-order valence-corrected chi connectivity index (χ3v) is 5.99. The number of carbonyl (C=O) groups excluding carboxylic acids is 1. The van der Waals surface area contributed by atoms with Gasteiger partial charge in [0.15, 0.2) is 6.35 Å². The van der Waals surface area contributed by atoms with Crippen LogP contribution in [0.3, 0.4) is 0 Å². The zero-order chi connectivity index (χ0) is 21.8. The van der Waals surface area contributed by atoms with Crippen molar-refractivity contribution in [2.45, 2.75) is 44.3 Å². The SMILES string of the molecule is CN(C)Cc1ccc(N2CCC(OC3NC(c4ccncn4)CC(=O)N3C)CC2)cc1. The molecule has 2 saturated heterocycles. The molecule has 1 aromatic heterocycles. The highest BCUT2D eigenvalue weighted by molar-refractivity contribution is 5.77. The largest absolute Gasteiger partial charge is 0.371 e. The van der Waals surface area contributed by atoms with Gasteiger partial charge in [0, 0.05) is 45.0 Å². The second kappa shape index (κ2) is 9.72. The fourth-order valence-electron chi connectivity index (χ4n) is 4.23. The van der Waals surface area contributed by atoms with E-state index in [2.05, 4.69) is 63.4 Å². The highest BCUT2D eigenvalue weighted by Crippen LogP contribution is 2.26. The number of nitrogens with zero attached hydrogens (tertiary/aromatic N) is 5. The predicted octanol–water partition coefficient (Wildman–Crippen LogP) is 2.00. The summed E-state index contributed by atoms with van der Waals surface area (Å²) in [5, 5.41) is 3.44. The third kappa shape index (κ3) is 5.39. The van der Waals surface area contributed by atoms with E-state index in [1.165, 1.54) is 17.6 Å². The molecule has 0 radical (unpaired) electrons. The lowest BCUT2D eigenvalue weighted by Gasteiger charge is -2.41. The molecule has 0 bridgehead atoms. The lowest BCUT2D eigenvalue weighted by atomic mass is 10.1. The molecule has 1 amide bonds. The number of ether oxygens (including phenoxy) is 1. The molecule has 2 aliphatic heterocycles. The number of piperidine rings is 1. The average Bonchev–Trinajstić information content (AvgIpc) is 2.78. The van der Waals surface area contributed by atoms with Gasteiger partial charge in [-0.25, -0.2) is 9.97 Å². The molecular weight excluding hydrogens is 392 g/mol. The van der Waals surface area contributed by atoms with Gasteiger partial charge in [-0.15, -0.1) is 0 Å². The number of benzene rings is 1. The molecule has 0 spiro atoms. The molecule has 1 aromatic carbocycles. The molecule has 0 saturated carbocycles. The Bertz CT molecular complexity index is 852. The molecule has 2 aromatic rings. The first-order valence-electron chi connectivity index (χ1n) is 10.9. The van der Waals surface area contributed by atoms with Crippen molar-refractivity contribution in [3.63, 3.8) is 0 Å². The van der Waals surface area contributed by atoms with Crippen molar-refractivity contribution in [2.24, 2.45) is 0 Å². The molecule has 2 atom stereocenters. The Hall–Kier alpha value is -2.55. The number of anilines is 1.